The summed E-state index contributed by atoms with van der Waals surface area (Å²) in [5, 5.41) is 0. The van der Waals surface area contributed by atoms with Gasteiger partial charge in [0.2, 0.25) is 0 Å². The average molecular weight is 97.2 g/mol. The van der Waals surface area contributed by atoms with E-state index < -0.39 is 0 Å². The van der Waals surface area contributed by atoms with Crippen LogP contribution in [0, 0.1) is 0 Å². The van der Waals surface area contributed by atoms with Crippen molar-refractivity contribution in [2.24, 2.45) is 0 Å². The molecule has 0 aliphatic rings. The monoisotopic (exact) mass is 97.1 g/mol. The van der Waals surface area contributed by atoms with Crippen LogP contribution in [0.3, 0.4) is 0 Å². The van der Waals surface area contributed by atoms with Crippen molar-refractivity contribution in [2.75, 3.05) is 0 Å². The maximum atomic E-state index is 2.23. The summed E-state index contributed by atoms with van der Waals surface area (Å²) in [7, 11) is 0. The fraction of sp³-hybridized carbons (Fsp3) is 1.00. The summed E-state index contributed by atoms with van der Waals surface area (Å²) in [6.45, 7) is 4.46. The molecule has 0 heterocycles. The molecule has 0 nitrogen and oxygen atoms in total. The van der Waals surface area contributed by atoms with Gasteiger partial charge in [-0.3, -0.25) is 0 Å². The molecule has 0 amide bonds. The molecule has 0 N–H and O–H groups in total. The molecular weight excluding hydrogens is 81.1 g/mol. The zero-order valence-electron chi connectivity index (χ0n) is 7.54. The molecule has 0 aliphatic carbocycles. The summed E-state index contributed by atoms with van der Waals surface area (Å²) in [6, 6.07) is 0. The van der Waals surface area contributed by atoms with Crippen LogP contribution in [-0.2, 0) is 0 Å². The molecule has 42 valence electrons. The molecule has 0 saturated heterocycles. The molecular formula is C6H16Be. The van der Waals surface area contributed by atoms with Gasteiger partial charge in [-0.1, -0.05) is 39.5 Å². The second kappa shape index (κ2) is 9.48. The van der Waals surface area contributed by atoms with Gasteiger partial charge in [0.25, 0.3) is 0 Å². The van der Waals surface area contributed by atoms with Crippen molar-refractivity contribution < 1.29 is 2.85 Å². The number of hydrogen-bond donors (Lipinski definition) is 0. The van der Waals surface area contributed by atoms with Crippen molar-refractivity contribution in [3.05, 3.63) is 0 Å². The Morgan fingerprint density at radius 2 is 1.29 bits per heavy atom. The Morgan fingerprint density at radius 1 is 1.00 bits per heavy atom. The summed E-state index contributed by atoms with van der Waals surface area (Å²) in [6.07, 6.45) is 5.54. The van der Waals surface area contributed by atoms with Crippen LogP contribution in [0.4, 0.5) is 0 Å². The first kappa shape index (κ1) is 10.2. The van der Waals surface area contributed by atoms with Crippen LogP contribution in [0.5, 0.6) is 0 Å². The third-order valence-corrected chi connectivity index (χ3v) is 0.957. The van der Waals surface area contributed by atoms with Gasteiger partial charge >= 0.3 is 10.1 Å². The minimum absolute atomic E-state index is 0. The van der Waals surface area contributed by atoms with E-state index in [1.807, 2.05) is 0 Å². The molecule has 0 fully saturated rings. The van der Waals surface area contributed by atoms with Crippen LogP contribution in [0.2, 0.25) is 0 Å². The predicted molar refractivity (Wildman–Crippen MR) is 37.8 cm³/mol. The molecule has 0 atom stereocenters. The van der Waals surface area contributed by atoms with E-state index >= 15 is 0 Å². The summed E-state index contributed by atoms with van der Waals surface area (Å²) >= 11 is 0. The topological polar surface area (TPSA) is 0 Å². The van der Waals surface area contributed by atoms with Crippen LogP contribution in [0.1, 0.15) is 42.4 Å². The molecule has 0 aromatic carbocycles. The molecule has 7 heavy (non-hydrogen) atoms. The summed E-state index contributed by atoms with van der Waals surface area (Å²) in [5.41, 5.74) is 0. The van der Waals surface area contributed by atoms with E-state index in [-0.39, 0.29) is 13.0 Å². The van der Waals surface area contributed by atoms with Gasteiger partial charge in [0.1, 0.15) is 0 Å². The largest absolute Gasteiger partial charge is 2.00 e. The van der Waals surface area contributed by atoms with E-state index in [1.165, 1.54) is 25.7 Å². The quantitative estimate of drug-likeness (QED) is 0.375. The fourth-order valence-electron chi connectivity index (χ4n) is 0.500. The Bertz CT molecular complexity index is 23.0. The third kappa shape index (κ3) is 10.7. The van der Waals surface area contributed by atoms with Crippen molar-refractivity contribution >= 4 is 10.1 Å². The molecule has 0 aromatic rings. The molecule has 0 rings (SSSR count). The molecule has 0 bridgehead atoms. The SMILES string of the molecule is CCCCCC.[Be+2].[H-].[H-]. The maximum Gasteiger partial charge on any atom is 2.00 e. The average Bonchev–Trinajstić information content (AvgIpc) is 1.61. The second-order valence-electron chi connectivity index (χ2n) is 1.71. The number of rotatable bonds is 3. The first-order valence-corrected chi connectivity index (χ1v) is 2.91. The Kier molecular flexibility index (Phi) is 13.8. The third-order valence-electron chi connectivity index (χ3n) is 0.957. The van der Waals surface area contributed by atoms with Crippen LogP contribution in [0.25, 0.3) is 0 Å². The van der Waals surface area contributed by atoms with Crippen molar-refractivity contribution in [1.29, 1.82) is 0 Å². The van der Waals surface area contributed by atoms with Crippen molar-refractivity contribution in [3.8, 4) is 0 Å². The van der Waals surface area contributed by atoms with Gasteiger partial charge in [-0.15, -0.1) is 0 Å². The first-order valence-electron chi connectivity index (χ1n) is 2.91. The van der Waals surface area contributed by atoms with Crippen LogP contribution < -0.4 is 0 Å². The Morgan fingerprint density at radius 3 is 1.43 bits per heavy atom. The zero-order chi connectivity index (χ0) is 4.83. The maximum absolute atomic E-state index is 2.23. The molecule has 0 aliphatic heterocycles. The normalized spacial score (nSPS) is 7.71. The second-order valence-corrected chi connectivity index (χ2v) is 1.71. The molecule has 1 heteroatoms. The molecule has 0 spiro atoms. The Hall–Kier alpha value is 0.169. The van der Waals surface area contributed by atoms with Crippen LogP contribution >= 0.6 is 0 Å². The molecule has 0 unspecified atom stereocenters. The minimum Gasteiger partial charge on any atom is -1.00 e. The fourth-order valence-corrected chi connectivity index (χ4v) is 0.500. The smallest absolute Gasteiger partial charge is 1.00 e. The van der Waals surface area contributed by atoms with E-state index in [2.05, 4.69) is 13.8 Å². The number of hydrogen-bond acceptors (Lipinski definition) is 0. The van der Waals surface area contributed by atoms with E-state index in [0.29, 0.717) is 0 Å². The first-order chi connectivity index (χ1) is 2.91. The predicted octanol–water partition coefficient (Wildman–Crippen LogP) is 2.43. The van der Waals surface area contributed by atoms with E-state index in [0.717, 1.165) is 0 Å². The Balaban J connectivity index is -0.0000000417. The van der Waals surface area contributed by atoms with E-state index in [9.17, 15) is 0 Å². The van der Waals surface area contributed by atoms with E-state index in [1.54, 1.807) is 0 Å². The zero-order valence-corrected chi connectivity index (χ0v) is 5.54. The van der Waals surface area contributed by atoms with Gasteiger partial charge in [0.15, 0.2) is 0 Å². The van der Waals surface area contributed by atoms with Crippen molar-refractivity contribution in [1.82, 2.24) is 0 Å². The van der Waals surface area contributed by atoms with Crippen LogP contribution in [0.15, 0.2) is 0 Å². The minimum atomic E-state index is 0. The molecule has 0 radical (unpaired) electrons. The van der Waals surface area contributed by atoms with Gasteiger partial charge in [-0.05, 0) is 0 Å². The Labute approximate surface area is 53.5 Å². The van der Waals surface area contributed by atoms with Crippen molar-refractivity contribution in [3.63, 3.8) is 0 Å². The number of unbranched alkanes of at least 4 members (excludes halogenated alkanes) is 3. The van der Waals surface area contributed by atoms with Gasteiger partial charge in [0.05, 0.1) is 0 Å². The van der Waals surface area contributed by atoms with Gasteiger partial charge < -0.3 is 2.85 Å². The van der Waals surface area contributed by atoms with E-state index in [4.69, 9.17) is 0 Å². The summed E-state index contributed by atoms with van der Waals surface area (Å²) < 4.78 is 0. The molecule has 0 aromatic heterocycles. The van der Waals surface area contributed by atoms with Gasteiger partial charge in [0, 0.05) is 0 Å². The standard InChI is InChI=1S/C6H14.Be.2H/c1-3-5-6-4-2;;;/h3-6H2,1-2H3;;;/q;+2;2*-1. The summed E-state index contributed by atoms with van der Waals surface area (Å²) in [5.74, 6) is 0. The van der Waals surface area contributed by atoms with Crippen LogP contribution in [-0.4, -0.2) is 10.1 Å². The van der Waals surface area contributed by atoms with Gasteiger partial charge in [-0.2, -0.15) is 0 Å². The van der Waals surface area contributed by atoms with Crippen molar-refractivity contribution in [2.45, 2.75) is 39.5 Å². The molecule has 0 saturated carbocycles. The van der Waals surface area contributed by atoms with Gasteiger partial charge in [-0.25, -0.2) is 0 Å². The summed E-state index contributed by atoms with van der Waals surface area (Å²) in [4.78, 5) is 0.